The summed E-state index contributed by atoms with van der Waals surface area (Å²) in [6.07, 6.45) is 4.91. The number of carbonyl (C=O) groups is 2. The molecule has 0 spiro atoms. The van der Waals surface area contributed by atoms with Crippen LogP contribution >= 0.6 is 24.0 Å². The molecular formula is C23H22N6O3S2. The van der Waals surface area contributed by atoms with Crippen LogP contribution in [0.3, 0.4) is 0 Å². The summed E-state index contributed by atoms with van der Waals surface area (Å²) in [5.41, 5.74) is 2.32. The van der Waals surface area contributed by atoms with Gasteiger partial charge in [-0.05, 0) is 60.7 Å². The second-order valence-corrected chi connectivity index (χ2v) is 8.84. The van der Waals surface area contributed by atoms with E-state index in [2.05, 4.69) is 15.6 Å². The molecule has 2 aromatic heterocycles. The van der Waals surface area contributed by atoms with E-state index >= 15 is 0 Å². The van der Waals surface area contributed by atoms with Gasteiger partial charge in [-0.15, -0.1) is 0 Å². The predicted molar refractivity (Wildman–Crippen MR) is 137 cm³/mol. The third-order valence-corrected chi connectivity index (χ3v) is 6.42. The van der Waals surface area contributed by atoms with Gasteiger partial charge in [-0.25, -0.2) is 4.68 Å². The minimum Gasteiger partial charge on any atom is -0.361 e. The zero-order chi connectivity index (χ0) is 24.2. The topological polar surface area (TPSA) is 101 Å². The molecule has 3 aromatic rings. The molecule has 1 aliphatic heterocycles. The average Bonchev–Trinajstić information content (AvgIpc) is 3.21. The van der Waals surface area contributed by atoms with Gasteiger partial charge in [0, 0.05) is 32.5 Å². The van der Waals surface area contributed by atoms with Crippen molar-refractivity contribution in [3.63, 3.8) is 0 Å². The lowest BCUT2D eigenvalue weighted by atomic mass is 10.2. The van der Waals surface area contributed by atoms with Crippen molar-refractivity contribution >= 4 is 52.0 Å². The van der Waals surface area contributed by atoms with Gasteiger partial charge in [0.05, 0.1) is 16.3 Å². The number of thioether (sulfide) groups is 1. The predicted octanol–water partition coefficient (Wildman–Crippen LogP) is 2.90. The highest BCUT2D eigenvalue weighted by molar-refractivity contribution is 8.18. The normalized spacial score (nSPS) is 14.6. The average molecular weight is 495 g/mol. The first kappa shape index (κ1) is 23.5. The van der Waals surface area contributed by atoms with Crippen molar-refractivity contribution in [2.75, 3.05) is 18.4 Å². The lowest BCUT2D eigenvalue weighted by molar-refractivity contribution is -0.122. The Balaban J connectivity index is 1.37. The molecule has 1 saturated heterocycles. The van der Waals surface area contributed by atoms with Crippen molar-refractivity contribution in [2.24, 2.45) is 7.05 Å². The molecule has 1 aromatic carbocycles. The molecule has 0 aliphatic carbocycles. The Hall–Kier alpha value is -3.70. The van der Waals surface area contributed by atoms with Crippen LogP contribution in [0.15, 0.2) is 64.6 Å². The van der Waals surface area contributed by atoms with Crippen molar-refractivity contribution in [1.82, 2.24) is 24.6 Å². The van der Waals surface area contributed by atoms with Crippen molar-refractivity contribution in [3.05, 3.63) is 81.4 Å². The molecule has 34 heavy (non-hydrogen) atoms. The molecule has 0 radical (unpaired) electrons. The number of aromatic nitrogens is 3. The zero-order valence-corrected chi connectivity index (χ0v) is 20.2. The van der Waals surface area contributed by atoms with Gasteiger partial charge >= 0.3 is 0 Å². The van der Waals surface area contributed by atoms with Crippen LogP contribution in [0, 0.1) is 6.92 Å². The number of thiocarbonyl (C=S) groups is 1. The second-order valence-electron chi connectivity index (χ2n) is 7.44. The van der Waals surface area contributed by atoms with Gasteiger partial charge in [-0.3, -0.25) is 28.9 Å². The van der Waals surface area contributed by atoms with Gasteiger partial charge in [0.1, 0.15) is 5.69 Å². The van der Waals surface area contributed by atoms with Gasteiger partial charge in [-0.2, -0.15) is 0 Å². The third kappa shape index (κ3) is 4.80. The quantitative estimate of drug-likeness (QED) is 0.399. The van der Waals surface area contributed by atoms with Gasteiger partial charge in [0.25, 0.3) is 16.7 Å². The number of rotatable bonds is 6. The van der Waals surface area contributed by atoms with E-state index in [0.29, 0.717) is 16.3 Å². The number of amides is 2. The number of pyridine rings is 1. The van der Waals surface area contributed by atoms with Crippen LogP contribution < -0.4 is 16.2 Å². The number of benzene rings is 1. The van der Waals surface area contributed by atoms with Crippen LogP contribution in [0.5, 0.6) is 0 Å². The minimum absolute atomic E-state index is 0.138. The highest BCUT2D eigenvalue weighted by atomic mass is 32.2. The molecule has 2 N–H and O–H groups in total. The molecule has 1 aliphatic rings. The van der Waals surface area contributed by atoms with E-state index in [4.69, 9.17) is 12.2 Å². The molecule has 3 heterocycles. The summed E-state index contributed by atoms with van der Waals surface area (Å²) in [6.45, 7) is 2.20. The van der Waals surface area contributed by atoms with E-state index in [0.717, 1.165) is 23.0 Å². The summed E-state index contributed by atoms with van der Waals surface area (Å²) in [5.74, 6) is -0.357. The van der Waals surface area contributed by atoms with Gasteiger partial charge in [0.2, 0.25) is 0 Å². The number of hydrogen-bond acceptors (Lipinski definition) is 6. The van der Waals surface area contributed by atoms with E-state index in [1.807, 2.05) is 43.3 Å². The Bertz CT molecular complexity index is 1330. The number of imide groups is 1. The number of nitrogens with zero attached hydrogens (tertiary/aromatic N) is 4. The van der Waals surface area contributed by atoms with Crippen molar-refractivity contribution in [3.8, 4) is 5.69 Å². The summed E-state index contributed by atoms with van der Waals surface area (Å²) >= 11 is 6.23. The summed E-state index contributed by atoms with van der Waals surface area (Å²) in [5, 5.41) is 5.80. The molecule has 9 nitrogen and oxygen atoms in total. The van der Waals surface area contributed by atoms with Crippen LogP contribution in [0.4, 0.5) is 10.5 Å². The van der Waals surface area contributed by atoms with E-state index in [9.17, 15) is 14.4 Å². The SMILES string of the molecule is Cc1c(NC(=S)NCCN2C(=O)S/C(=C\c3cccnc3)C2=O)c(=O)n(-c2ccccc2)n1C. The van der Waals surface area contributed by atoms with Crippen LogP contribution in [-0.2, 0) is 11.8 Å². The Morgan fingerprint density at radius 2 is 1.91 bits per heavy atom. The summed E-state index contributed by atoms with van der Waals surface area (Å²) in [4.78, 5) is 43.4. The Labute approximate surface area is 205 Å². The molecule has 11 heteroatoms. The van der Waals surface area contributed by atoms with Crippen LogP contribution in [0.25, 0.3) is 11.8 Å². The maximum absolute atomic E-state index is 13.0. The molecule has 0 unspecified atom stereocenters. The molecule has 0 atom stereocenters. The third-order valence-electron chi connectivity index (χ3n) is 5.27. The largest absolute Gasteiger partial charge is 0.361 e. The molecule has 2 amide bonds. The molecular weight excluding hydrogens is 472 g/mol. The van der Waals surface area contributed by atoms with E-state index in [1.165, 1.54) is 4.90 Å². The van der Waals surface area contributed by atoms with Gasteiger partial charge in [0.15, 0.2) is 5.11 Å². The molecule has 4 rings (SSSR count). The standard InChI is InChI=1S/C23H22N6O3S2/c1-15-19(21(31)29(27(15)2)17-8-4-3-5-9-17)26-22(33)25-11-12-28-20(30)18(34-23(28)32)13-16-7-6-10-24-14-16/h3-10,13-14H,11-12H2,1-2H3,(H2,25,26,33)/b18-13-. The second kappa shape index (κ2) is 10.1. The lowest BCUT2D eigenvalue weighted by Crippen LogP contribution is -2.39. The number of anilines is 1. The smallest absolute Gasteiger partial charge is 0.295 e. The fourth-order valence-corrected chi connectivity index (χ4v) is 4.53. The minimum atomic E-state index is -0.357. The van der Waals surface area contributed by atoms with E-state index in [1.54, 1.807) is 40.9 Å². The summed E-state index contributed by atoms with van der Waals surface area (Å²) in [6, 6.07) is 12.9. The fourth-order valence-electron chi connectivity index (χ4n) is 3.46. The number of carbonyl (C=O) groups excluding carboxylic acids is 2. The zero-order valence-electron chi connectivity index (χ0n) is 18.5. The summed E-state index contributed by atoms with van der Waals surface area (Å²) in [7, 11) is 1.80. The Morgan fingerprint density at radius 3 is 2.62 bits per heavy atom. The van der Waals surface area contributed by atoms with Crippen LogP contribution in [-0.4, -0.2) is 48.6 Å². The van der Waals surface area contributed by atoms with Crippen molar-refractivity contribution < 1.29 is 9.59 Å². The summed E-state index contributed by atoms with van der Waals surface area (Å²) < 4.78 is 3.30. The lowest BCUT2D eigenvalue weighted by Gasteiger charge is -2.14. The Morgan fingerprint density at radius 1 is 1.15 bits per heavy atom. The van der Waals surface area contributed by atoms with Crippen molar-refractivity contribution in [2.45, 2.75) is 6.92 Å². The number of nitrogens with one attached hydrogen (secondary N) is 2. The molecule has 1 fully saturated rings. The maximum atomic E-state index is 13.0. The highest BCUT2D eigenvalue weighted by Gasteiger charge is 2.34. The van der Waals surface area contributed by atoms with E-state index in [-0.39, 0.29) is 34.9 Å². The first-order chi connectivity index (χ1) is 16.4. The monoisotopic (exact) mass is 494 g/mol. The Kier molecular flexibility index (Phi) is 6.94. The number of para-hydroxylation sites is 1. The fraction of sp³-hybridized carbons (Fsp3) is 0.174. The first-order valence-electron chi connectivity index (χ1n) is 10.4. The van der Waals surface area contributed by atoms with Crippen molar-refractivity contribution in [1.29, 1.82) is 0 Å². The highest BCUT2D eigenvalue weighted by Crippen LogP contribution is 2.31. The molecule has 0 saturated carbocycles. The van der Waals surface area contributed by atoms with Crippen LogP contribution in [0.1, 0.15) is 11.3 Å². The maximum Gasteiger partial charge on any atom is 0.295 e. The van der Waals surface area contributed by atoms with Gasteiger partial charge in [-0.1, -0.05) is 24.3 Å². The molecule has 174 valence electrons. The van der Waals surface area contributed by atoms with Gasteiger partial charge < -0.3 is 10.6 Å². The first-order valence-corrected chi connectivity index (χ1v) is 11.6. The number of hydrogen-bond donors (Lipinski definition) is 2. The van der Waals surface area contributed by atoms with Crippen LogP contribution in [0.2, 0.25) is 0 Å². The van der Waals surface area contributed by atoms with E-state index < -0.39 is 0 Å². The molecule has 0 bridgehead atoms.